The number of aryl methyl sites for hydroxylation is 1. The van der Waals surface area contributed by atoms with E-state index in [2.05, 4.69) is 59.4 Å². The van der Waals surface area contributed by atoms with E-state index in [0.29, 0.717) is 6.42 Å². The van der Waals surface area contributed by atoms with Crippen LogP contribution in [0, 0.1) is 13.8 Å². The van der Waals surface area contributed by atoms with Gasteiger partial charge in [0.1, 0.15) is 0 Å². The molecule has 2 aliphatic heterocycles. The molecule has 1 aromatic carbocycles. The van der Waals surface area contributed by atoms with E-state index in [1.165, 1.54) is 16.8 Å². The number of nitrogens with zero attached hydrogens (tertiary/aromatic N) is 4. The van der Waals surface area contributed by atoms with E-state index in [-0.39, 0.29) is 35.9 Å². The molecule has 0 aromatic heterocycles. The van der Waals surface area contributed by atoms with Crippen LogP contribution in [-0.4, -0.2) is 87.1 Å². The number of carbonyl (C=O) groups is 1. The Hall–Kier alpha value is -1.55. The molecule has 174 valence electrons. The molecule has 8 heteroatoms. The number of likely N-dealkylation sites (tertiary alicyclic amines) is 1. The number of halogens is 1. The standard InChI is InChI=1S/C23H38N6O.HI/c1-5-24-23(26-20-9-10-22(30)27(4)17-20)25-11-12-28-13-15-29(16-14-28)21-8-6-7-18(2)19(21)3;/h6-8,20H,5,9-17H2,1-4H3,(H2,24,25,26);1H. The number of piperidine rings is 1. The topological polar surface area (TPSA) is 63.2 Å². The number of carbonyl (C=O) groups excluding carboxylic acids is 1. The van der Waals surface area contributed by atoms with Crippen LogP contribution < -0.4 is 15.5 Å². The molecule has 1 amide bonds. The molecule has 2 saturated heterocycles. The first kappa shape index (κ1) is 25.7. The molecular weight excluding hydrogens is 503 g/mol. The smallest absolute Gasteiger partial charge is 0.222 e. The van der Waals surface area contributed by atoms with Crippen LogP contribution >= 0.6 is 24.0 Å². The van der Waals surface area contributed by atoms with E-state index in [4.69, 9.17) is 4.99 Å². The second-order valence-corrected chi connectivity index (χ2v) is 8.46. The Labute approximate surface area is 204 Å². The van der Waals surface area contributed by atoms with Crippen LogP contribution in [0.2, 0.25) is 0 Å². The van der Waals surface area contributed by atoms with E-state index < -0.39 is 0 Å². The first-order valence-corrected chi connectivity index (χ1v) is 11.3. The van der Waals surface area contributed by atoms with Gasteiger partial charge in [0, 0.05) is 71.0 Å². The number of benzene rings is 1. The van der Waals surface area contributed by atoms with E-state index >= 15 is 0 Å². The number of anilines is 1. The van der Waals surface area contributed by atoms with Crippen LogP contribution in [-0.2, 0) is 4.79 Å². The zero-order chi connectivity index (χ0) is 21.5. The van der Waals surface area contributed by atoms with E-state index in [0.717, 1.165) is 64.7 Å². The first-order chi connectivity index (χ1) is 14.5. The van der Waals surface area contributed by atoms with Crippen molar-refractivity contribution < 1.29 is 4.79 Å². The van der Waals surface area contributed by atoms with Crippen LogP contribution in [0.15, 0.2) is 23.2 Å². The molecule has 2 N–H and O–H groups in total. The maximum Gasteiger partial charge on any atom is 0.222 e. The van der Waals surface area contributed by atoms with Crippen LogP contribution in [0.5, 0.6) is 0 Å². The molecule has 0 bridgehead atoms. The van der Waals surface area contributed by atoms with Crippen molar-refractivity contribution in [2.24, 2.45) is 4.99 Å². The number of nitrogens with one attached hydrogen (secondary N) is 2. The number of piperazine rings is 1. The summed E-state index contributed by atoms with van der Waals surface area (Å²) in [6.07, 6.45) is 1.48. The summed E-state index contributed by atoms with van der Waals surface area (Å²) in [6, 6.07) is 6.86. The predicted octanol–water partition coefficient (Wildman–Crippen LogP) is 2.22. The van der Waals surface area contributed by atoms with Gasteiger partial charge in [-0.2, -0.15) is 0 Å². The molecule has 2 fully saturated rings. The Morgan fingerprint density at radius 1 is 1.19 bits per heavy atom. The van der Waals surface area contributed by atoms with Crippen molar-refractivity contribution in [3.05, 3.63) is 29.3 Å². The highest BCUT2D eigenvalue weighted by atomic mass is 127. The average molecular weight is 543 g/mol. The van der Waals surface area contributed by atoms with Crippen LogP contribution in [0.25, 0.3) is 0 Å². The summed E-state index contributed by atoms with van der Waals surface area (Å²) in [6.45, 7) is 14.1. The Morgan fingerprint density at radius 3 is 2.61 bits per heavy atom. The zero-order valence-electron chi connectivity index (χ0n) is 19.5. The summed E-state index contributed by atoms with van der Waals surface area (Å²) < 4.78 is 0. The molecule has 0 aliphatic carbocycles. The minimum Gasteiger partial charge on any atom is -0.369 e. The highest BCUT2D eigenvalue weighted by Crippen LogP contribution is 2.23. The Kier molecular flexibility index (Phi) is 10.3. The molecule has 0 saturated carbocycles. The molecular formula is C23H39IN6O. The molecule has 31 heavy (non-hydrogen) atoms. The summed E-state index contributed by atoms with van der Waals surface area (Å²) in [5.41, 5.74) is 4.13. The molecule has 3 rings (SSSR count). The van der Waals surface area contributed by atoms with Crippen LogP contribution in [0.4, 0.5) is 5.69 Å². The van der Waals surface area contributed by atoms with Crippen molar-refractivity contribution in [3.63, 3.8) is 0 Å². The predicted molar refractivity (Wildman–Crippen MR) is 140 cm³/mol. The summed E-state index contributed by atoms with van der Waals surface area (Å²) in [5, 5.41) is 6.85. The van der Waals surface area contributed by atoms with Gasteiger partial charge in [0.25, 0.3) is 0 Å². The Morgan fingerprint density at radius 2 is 1.94 bits per heavy atom. The summed E-state index contributed by atoms with van der Waals surface area (Å²) in [4.78, 5) is 23.3. The number of amides is 1. The van der Waals surface area contributed by atoms with Crippen molar-refractivity contribution in [2.45, 2.75) is 39.7 Å². The van der Waals surface area contributed by atoms with Crippen molar-refractivity contribution in [1.82, 2.24) is 20.4 Å². The molecule has 1 atom stereocenters. The lowest BCUT2D eigenvalue weighted by Gasteiger charge is -2.37. The number of rotatable bonds is 6. The van der Waals surface area contributed by atoms with Crippen molar-refractivity contribution >= 4 is 41.5 Å². The van der Waals surface area contributed by atoms with Gasteiger partial charge in [-0.15, -0.1) is 24.0 Å². The summed E-state index contributed by atoms with van der Waals surface area (Å²) in [5.74, 6) is 1.09. The van der Waals surface area contributed by atoms with Gasteiger partial charge >= 0.3 is 0 Å². The first-order valence-electron chi connectivity index (χ1n) is 11.3. The third-order valence-electron chi connectivity index (χ3n) is 6.29. The number of likely N-dealkylation sites (N-methyl/N-ethyl adjacent to an activating group) is 1. The minimum absolute atomic E-state index is 0. The van der Waals surface area contributed by atoms with Gasteiger partial charge in [0.15, 0.2) is 5.96 Å². The van der Waals surface area contributed by atoms with Gasteiger partial charge in [-0.1, -0.05) is 12.1 Å². The fourth-order valence-corrected chi connectivity index (χ4v) is 4.24. The second-order valence-electron chi connectivity index (χ2n) is 8.46. The number of guanidine groups is 1. The highest BCUT2D eigenvalue weighted by Gasteiger charge is 2.23. The highest BCUT2D eigenvalue weighted by molar-refractivity contribution is 14.0. The third-order valence-corrected chi connectivity index (χ3v) is 6.29. The Bertz CT molecular complexity index is 748. The zero-order valence-corrected chi connectivity index (χ0v) is 21.8. The normalized spacial score (nSPS) is 20.5. The van der Waals surface area contributed by atoms with Crippen LogP contribution in [0.3, 0.4) is 0 Å². The fraction of sp³-hybridized carbons (Fsp3) is 0.652. The monoisotopic (exact) mass is 542 g/mol. The lowest BCUT2D eigenvalue weighted by molar-refractivity contribution is -0.132. The fourth-order valence-electron chi connectivity index (χ4n) is 4.24. The number of aliphatic imine (C=N–C) groups is 1. The maximum atomic E-state index is 11.7. The lowest BCUT2D eigenvalue weighted by atomic mass is 10.1. The Balaban J connectivity index is 0.00000341. The van der Waals surface area contributed by atoms with Crippen molar-refractivity contribution in [2.75, 3.05) is 64.3 Å². The molecule has 1 aromatic rings. The lowest BCUT2D eigenvalue weighted by Crippen LogP contribution is -2.52. The van der Waals surface area contributed by atoms with Gasteiger partial charge in [0.05, 0.1) is 6.54 Å². The van der Waals surface area contributed by atoms with Crippen molar-refractivity contribution in [3.8, 4) is 0 Å². The third kappa shape index (κ3) is 7.24. The quantitative estimate of drug-likeness (QED) is 0.328. The molecule has 7 nitrogen and oxygen atoms in total. The molecule has 2 heterocycles. The average Bonchev–Trinajstić information content (AvgIpc) is 2.73. The van der Waals surface area contributed by atoms with Crippen molar-refractivity contribution in [1.29, 1.82) is 0 Å². The SMILES string of the molecule is CCNC(=NCCN1CCN(c2cccc(C)c2C)CC1)NC1CCC(=O)N(C)C1.I. The molecule has 0 radical (unpaired) electrons. The summed E-state index contributed by atoms with van der Waals surface area (Å²) in [7, 11) is 1.87. The van der Waals surface area contributed by atoms with E-state index in [1.807, 2.05) is 7.05 Å². The second kappa shape index (κ2) is 12.5. The van der Waals surface area contributed by atoms with E-state index in [1.54, 1.807) is 4.90 Å². The molecule has 2 aliphatic rings. The van der Waals surface area contributed by atoms with E-state index in [9.17, 15) is 4.79 Å². The van der Waals surface area contributed by atoms with Gasteiger partial charge in [-0.3, -0.25) is 14.7 Å². The number of hydrogen-bond acceptors (Lipinski definition) is 4. The van der Waals surface area contributed by atoms with Gasteiger partial charge in [-0.05, 0) is 44.4 Å². The van der Waals surface area contributed by atoms with Gasteiger partial charge < -0.3 is 20.4 Å². The van der Waals surface area contributed by atoms with Crippen LogP contribution in [0.1, 0.15) is 30.9 Å². The van der Waals surface area contributed by atoms with Gasteiger partial charge in [-0.25, -0.2) is 0 Å². The maximum absolute atomic E-state index is 11.7. The van der Waals surface area contributed by atoms with Gasteiger partial charge in [0.2, 0.25) is 5.91 Å². The molecule has 0 spiro atoms. The number of hydrogen-bond donors (Lipinski definition) is 2. The largest absolute Gasteiger partial charge is 0.369 e. The minimum atomic E-state index is 0. The summed E-state index contributed by atoms with van der Waals surface area (Å²) >= 11 is 0. The molecule has 1 unspecified atom stereocenters.